The molecule has 0 saturated heterocycles. The summed E-state index contributed by atoms with van der Waals surface area (Å²) in [6.07, 6.45) is 6.02. The maximum absolute atomic E-state index is 13.8. The summed E-state index contributed by atoms with van der Waals surface area (Å²) in [4.78, 5) is 90.9. The van der Waals surface area contributed by atoms with Gasteiger partial charge < -0.3 is 57.4 Å². The number of carbonyl (C=O) groups is 7. The van der Waals surface area contributed by atoms with Crippen molar-refractivity contribution in [3.8, 4) is 0 Å². The molecule has 0 fully saturated rings. The van der Waals surface area contributed by atoms with Crippen molar-refractivity contribution in [1.82, 2.24) is 31.5 Å². The Labute approximate surface area is 351 Å². The number of benzene rings is 2. The summed E-state index contributed by atoms with van der Waals surface area (Å²) >= 11 is 0. The lowest BCUT2D eigenvalue weighted by atomic mass is 9.92. The van der Waals surface area contributed by atoms with Crippen LogP contribution in [-0.4, -0.2) is 127 Å². The second kappa shape index (κ2) is 25.3. The minimum absolute atomic E-state index is 0.0132. The first kappa shape index (κ1) is 49.0. The lowest BCUT2D eigenvalue weighted by Crippen LogP contribution is -2.55. The number of carboxylic acid groups (broad SMARTS) is 2. The zero-order valence-electron chi connectivity index (χ0n) is 35.1. The van der Waals surface area contributed by atoms with E-state index in [4.69, 9.17) is 10.8 Å². The van der Waals surface area contributed by atoms with Crippen LogP contribution in [-0.2, 0) is 28.8 Å². The van der Waals surface area contributed by atoms with Crippen LogP contribution in [0.4, 0.5) is 5.69 Å². The number of hydrogen-bond acceptors (Lipinski definition) is 11. The molecule has 0 saturated carbocycles. The van der Waals surface area contributed by atoms with Crippen LogP contribution < -0.4 is 37.2 Å². The van der Waals surface area contributed by atoms with E-state index in [9.17, 15) is 43.8 Å². The molecular weight excluding hydrogens is 777 g/mol. The second-order valence-electron chi connectivity index (χ2n) is 15.3. The summed E-state index contributed by atoms with van der Waals surface area (Å²) in [7, 11) is 3.75. The first-order chi connectivity index (χ1) is 28.7. The number of nitrogens with zero attached hydrogens (tertiary/aromatic N) is 2. The highest BCUT2D eigenvalue weighted by atomic mass is 16.4. The molecule has 332 valence electrons. The van der Waals surface area contributed by atoms with Gasteiger partial charge in [-0.25, -0.2) is 4.79 Å². The molecule has 1 heterocycles. The molecule has 3 rings (SSSR count). The van der Waals surface area contributed by atoms with Crippen LogP contribution in [0.3, 0.4) is 0 Å². The molecule has 0 spiro atoms. The standard InChI is InChI=1S/C42H64N8O10/c1-4-5-6-7-8-9-10-15-34(51)45-24-23-44-26-30(43)38(55)48-31(39(56)46-22-20-32(42(59)60)47-35(52)16-12-17-36(53)54)21-25-50-40(57)28-14-11-13-27-33(49(2)3)19-18-29(37(27)28)41(50)58/h11,13-14,18-19,30-32,41,44,58H,4-10,12,15-17,20-26,43H2,1-3H3,(H,45,51)(H,46,56)(H,47,52)(H,48,55)(H,53,54)(H,59,60)/t30-,31+,32+,41?/m0/s1. The summed E-state index contributed by atoms with van der Waals surface area (Å²) in [6.45, 7) is 2.45. The van der Waals surface area contributed by atoms with Gasteiger partial charge in [-0.05, 0) is 37.8 Å². The monoisotopic (exact) mass is 840 g/mol. The van der Waals surface area contributed by atoms with Crippen molar-refractivity contribution in [3.05, 3.63) is 41.5 Å². The summed E-state index contributed by atoms with van der Waals surface area (Å²) in [5.74, 6) is -5.05. The molecule has 0 aromatic heterocycles. The first-order valence-corrected chi connectivity index (χ1v) is 20.9. The van der Waals surface area contributed by atoms with Crippen LogP contribution in [0, 0.1) is 0 Å². The summed E-state index contributed by atoms with van der Waals surface area (Å²) < 4.78 is 0. The van der Waals surface area contributed by atoms with Crippen LogP contribution in [0.1, 0.15) is 113 Å². The Hall–Kier alpha value is -5.33. The number of unbranched alkanes of at least 4 members (excludes halogenated alkanes) is 6. The number of anilines is 1. The average Bonchev–Trinajstić information content (AvgIpc) is 3.20. The molecule has 1 unspecified atom stereocenters. The fourth-order valence-electron chi connectivity index (χ4n) is 7.03. The normalized spacial score (nSPS) is 14.8. The highest BCUT2D eigenvalue weighted by molar-refractivity contribution is 6.13. The molecule has 0 radical (unpaired) electrons. The van der Waals surface area contributed by atoms with Crippen molar-refractivity contribution in [3.63, 3.8) is 0 Å². The lowest BCUT2D eigenvalue weighted by molar-refractivity contribution is -0.142. The third-order valence-electron chi connectivity index (χ3n) is 10.4. The fraction of sp³-hybridized carbons (Fsp3) is 0.595. The molecule has 0 bridgehead atoms. The fourth-order valence-corrected chi connectivity index (χ4v) is 7.03. The molecule has 1 aliphatic heterocycles. The predicted octanol–water partition coefficient (Wildman–Crippen LogP) is 1.73. The van der Waals surface area contributed by atoms with Crippen molar-refractivity contribution in [2.24, 2.45) is 5.73 Å². The summed E-state index contributed by atoms with van der Waals surface area (Å²) in [6, 6.07) is 5.09. The van der Waals surface area contributed by atoms with Gasteiger partial charge in [0.1, 0.15) is 12.1 Å². The van der Waals surface area contributed by atoms with Crippen molar-refractivity contribution in [2.75, 3.05) is 51.7 Å². The Morgan fingerprint density at radius 1 is 0.783 bits per heavy atom. The lowest BCUT2D eigenvalue weighted by Gasteiger charge is -2.35. The zero-order chi connectivity index (χ0) is 44.2. The maximum Gasteiger partial charge on any atom is 0.326 e. The quantitative estimate of drug-likeness (QED) is 0.0529. The number of aliphatic hydroxyl groups is 1. The number of nitrogens with two attached hydrogens (primary N) is 1. The van der Waals surface area contributed by atoms with Crippen molar-refractivity contribution in [1.29, 1.82) is 0 Å². The molecule has 18 nitrogen and oxygen atoms in total. The third kappa shape index (κ3) is 15.4. The molecule has 10 N–H and O–H groups in total. The van der Waals surface area contributed by atoms with E-state index in [0.29, 0.717) is 36.0 Å². The van der Waals surface area contributed by atoms with Gasteiger partial charge in [-0.1, -0.05) is 63.6 Å². The van der Waals surface area contributed by atoms with Gasteiger partial charge in [0, 0.05) is 93.7 Å². The number of hydrogen-bond donors (Lipinski definition) is 9. The van der Waals surface area contributed by atoms with Gasteiger partial charge in [0.15, 0.2) is 6.23 Å². The molecule has 2 aromatic carbocycles. The molecule has 60 heavy (non-hydrogen) atoms. The number of carboxylic acids is 2. The number of amides is 5. The maximum atomic E-state index is 13.8. The molecule has 1 aliphatic rings. The van der Waals surface area contributed by atoms with Gasteiger partial charge >= 0.3 is 11.9 Å². The average molecular weight is 841 g/mol. The highest BCUT2D eigenvalue weighted by Crippen LogP contribution is 2.39. The smallest absolute Gasteiger partial charge is 0.326 e. The summed E-state index contributed by atoms with van der Waals surface area (Å²) in [5.41, 5.74) is 7.91. The largest absolute Gasteiger partial charge is 0.481 e. The molecule has 4 atom stereocenters. The van der Waals surface area contributed by atoms with Gasteiger partial charge in [0.05, 0.1) is 6.04 Å². The number of rotatable bonds is 29. The first-order valence-electron chi connectivity index (χ1n) is 20.9. The van der Waals surface area contributed by atoms with E-state index in [0.717, 1.165) is 30.3 Å². The second-order valence-corrected chi connectivity index (χ2v) is 15.3. The van der Waals surface area contributed by atoms with Crippen LogP contribution in [0.25, 0.3) is 10.8 Å². The van der Waals surface area contributed by atoms with E-state index < -0.39 is 59.9 Å². The van der Waals surface area contributed by atoms with Crippen molar-refractivity contribution >= 4 is 57.9 Å². The van der Waals surface area contributed by atoms with Gasteiger partial charge in [-0.15, -0.1) is 0 Å². The third-order valence-corrected chi connectivity index (χ3v) is 10.4. The van der Waals surface area contributed by atoms with Gasteiger partial charge in [-0.3, -0.25) is 28.8 Å². The van der Waals surface area contributed by atoms with Gasteiger partial charge in [0.25, 0.3) is 5.91 Å². The van der Waals surface area contributed by atoms with Crippen LogP contribution in [0.5, 0.6) is 0 Å². The predicted molar refractivity (Wildman–Crippen MR) is 226 cm³/mol. The molecule has 0 aliphatic carbocycles. The molecule has 18 heteroatoms. The number of aliphatic carboxylic acids is 2. The van der Waals surface area contributed by atoms with Crippen molar-refractivity contribution in [2.45, 2.75) is 115 Å². The highest BCUT2D eigenvalue weighted by Gasteiger charge is 2.35. The van der Waals surface area contributed by atoms with E-state index >= 15 is 0 Å². The minimum atomic E-state index is -1.39. The van der Waals surface area contributed by atoms with Gasteiger partial charge in [0.2, 0.25) is 23.6 Å². The van der Waals surface area contributed by atoms with E-state index in [2.05, 4.69) is 33.5 Å². The molecule has 2 aromatic rings. The van der Waals surface area contributed by atoms with Gasteiger partial charge in [-0.2, -0.15) is 0 Å². The topological polar surface area (TPSA) is 273 Å². The van der Waals surface area contributed by atoms with E-state index in [1.54, 1.807) is 18.2 Å². The van der Waals surface area contributed by atoms with Crippen LogP contribution in [0.15, 0.2) is 30.3 Å². The van der Waals surface area contributed by atoms with Crippen LogP contribution in [0.2, 0.25) is 0 Å². The van der Waals surface area contributed by atoms with Crippen molar-refractivity contribution < 1.29 is 48.9 Å². The van der Waals surface area contributed by atoms with Crippen LogP contribution >= 0.6 is 0 Å². The van der Waals surface area contributed by atoms with E-state index in [1.807, 2.05) is 31.1 Å². The summed E-state index contributed by atoms with van der Waals surface area (Å²) in [5, 5.41) is 44.7. The number of nitrogens with one attached hydrogen (secondary N) is 5. The SMILES string of the molecule is CCCCCCCCCC(=O)NCCNC[C@H](N)C(=O)N[C@H](CCN1C(=O)c2cccc3c(N(C)C)ccc(c23)C1O)C(=O)NCC[C@@H](NC(=O)CCCC(=O)O)C(=O)O. The molecular formula is C42H64N8O10. The Bertz CT molecular complexity index is 1790. The Kier molecular flexibility index (Phi) is 20.7. The Morgan fingerprint density at radius 3 is 2.17 bits per heavy atom. The zero-order valence-corrected chi connectivity index (χ0v) is 35.1. The Morgan fingerprint density at radius 2 is 1.48 bits per heavy atom. The minimum Gasteiger partial charge on any atom is -0.481 e. The number of aliphatic hydroxyl groups excluding tert-OH is 1. The molecule has 5 amide bonds. The Balaban J connectivity index is 1.62. The number of carbonyl (C=O) groups excluding carboxylic acids is 5. The van der Waals surface area contributed by atoms with E-state index in [1.165, 1.54) is 30.6 Å². The van der Waals surface area contributed by atoms with E-state index in [-0.39, 0.29) is 57.6 Å².